The maximum atomic E-state index is 10.3. The van der Waals surface area contributed by atoms with Crippen LogP contribution in [-0.2, 0) is 4.79 Å². The van der Waals surface area contributed by atoms with E-state index >= 15 is 0 Å². The highest BCUT2D eigenvalue weighted by Crippen LogP contribution is 2.09. The van der Waals surface area contributed by atoms with Crippen LogP contribution in [0.4, 0.5) is 0 Å². The fourth-order valence-corrected chi connectivity index (χ4v) is 2.35. The topological polar surface area (TPSA) is 57.5 Å². The van der Waals surface area contributed by atoms with Crippen LogP contribution in [0, 0.1) is 0 Å². The third-order valence-electron chi connectivity index (χ3n) is 3.65. The molecule has 0 aromatic heterocycles. The molecule has 0 fully saturated rings. The predicted molar refractivity (Wildman–Crippen MR) is 104 cm³/mol. The Bertz CT molecular complexity index is 270. The van der Waals surface area contributed by atoms with Crippen molar-refractivity contribution in [1.29, 1.82) is 0 Å². The maximum Gasteiger partial charge on any atom is 0.303 e. The SMILES string of the molecule is CC(C)O.CCCCCCCC/C=C\CCCCCCCC(=O)O. The number of aliphatic hydroxyl groups excluding tert-OH is 1. The van der Waals surface area contributed by atoms with Gasteiger partial charge in [0, 0.05) is 12.5 Å². The van der Waals surface area contributed by atoms with Crippen molar-refractivity contribution in [1.82, 2.24) is 0 Å². The largest absolute Gasteiger partial charge is 0.481 e. The van der Waals surface area contributed by atoms with Gasteiger partial charge >= 0.3 is 5.97 Å². The summed E-state index contributed by atoms with van der Waals surface area (Å²) in [5, 5.41) is 16.6. The van der Waals surface area contributed by atoms with E-state index in [0.717, 1.165) is 12.8 Å². The van der Waals surface area contributed by atoms with E-state index in [1.807, 2.05) is 0 Å². The van der Waals surface area contributed by atoms with Crippen LogP contribution in [0.15, 0.2) is 12.2 Å². The standard InChI is InChI=1S/C18H34O2.C3H8O/c1-2-3-4-5-6-7-8-9-10-11-12-13-14-15-16-17-18(19)20;1-3(2)4/h9-10H,2-8,11-17H2,1H3,(H,19,20);3-4H,1-2H3/b10-9-;. The van der Waals surface area contributed by atoms with Crippen LogP contribution < -0.4 is 0 Å². The molecule has 24 heavy (non-hydrogen) atoms. The first kappa shape index (κ1) is 25.4. The third kappa shape index (κ3) is 32.9. The number of rotatable bonds is 15. The smallest absolute Gasteiger partial charge is 0.303 e. The monoisotopic (exact) mass is 342 g/mol. The van der Waals surface area contributed by atoms with E-state index in [4.69, 9.17) is 10.2 Å². The third-order valence-corrected chi connectivity index (χ3v) is 3.65. The van der Waals surface area contributed by atoms with E-state index in [9.17, 15) is 4.79 Å². The second-order valence-corrected chi connectivity index (χ2v) is 6.82. The number of carboxylic acids is 1. The summed E-state index contributed by atoms with van der Waals surface area (Å²) < 4.78 is 0. The number of hydrogen-bond acceptors (Lipinski definition) is 2. The number of unbranched alkanes of at least 4 members (excludes halogenated alkanes) is 11. The van der Waals surface area contributed by atoms with E-state index < -0.39 is 5.97 Å². The Kier molecular flexibility index (Phi) is 23.5. The summed E-state index contributed by atoms with van der Waals surface area (Å²) in [6.45, 7) is 5.70. The minimum absolute atomic E-state index is 0.167. The second kappa shape index (κ2) is 22.2. The Balaban J connectivity index is 0. The van der Waals surface area contributed by atoms with Gasteiger partial charge in [0.1, 0.15) is 0 Å². The lowest BCUT2D eigenvalue weighted by molar-refractivity contribution is -0.137. The van der Waals surface area contributed by atoms with Crippen LogP contribution >= 0.6 is 0 Å². The number of aliphatic carboxylic acids is 1. The Labute approximate surface area is 150 Å². The molecule has 3 heteroatoms. The number of aliphatic hydroxyl groups is 1. The maximum absolute atomic E-state index is 10.3. The molecular weight excluding hydrogens is 300 g/mol. The summed E-state index contributed by atoms with van der Waals surface area (Å²) in [6, 6.07) is 0. The molecule has 0 aliphatic rings. The summed E-state index contributed by atoms with van der Waals surface area (Å²) in [5.41, 5.74) is 0. The van der Waals surface area contributed by atoms with Crippen LogP contribution in [0.1, 0.15) is 111 Å². The van der Waals surface area contributed by atoms with Crippen molar-refractivity contribution in [3.8, 4) is 0 Å². The first-order chi connectivity index (χ1) is 11.5. The van der Waals surface area contributed by atoms with Gasteiger partial charge in [-0.15, -0.1) is 0 Å². The second-order valence-electron chi connectivity index (χ2n) is 6.82. The molecule has 0 aliphatic carbocycles. The van der Waals surface area contributed by atoms with Crippen molar-refractivity contribution in [3.63, 3.8) is 0 Å². The number of allylic oxidation sites excluding steroid dienone is 2. The van der Waals surface area contributed by atoms with E-state index in [0.29, 0.717) is 6.42 Å². The van der Waals surface area contributed by atoms with Crippen LogP contribution in [0.3, 0.4) is 0 Å². The molecule has 0 bridgehead atoms. The molecule has 0 unspecified atom stereocenters. The van der Waals surface area contributed by atoms with Crippen LogP contribution in [0.5, 0.6) is 0 Å². The Morgan fingerprint density at radius 2 is 1.17 bits per heavy atom. The van der Waals surface area contributed by atoms with Gasteiger partial charge in [0.05, 0.1) is 0 Å². The van der Waals surface area contributed by atoms with Crippen LogP contribution in [0.25, 0.3) is 0 Å². The van der Waals surface area contributed by atoms with Crippen LogP contribution in [0.2, 0.25) is 0 Å². The summed E-state index contributed by atoms with van der Waals surface area (Å²) in [5.74, 6) is -0.664. The zero-order chi connectivity index (χ0) is 18.5. The zero-order valence-electron chi connectivity index (χ0n) is 16.4. The lowest BCUT2D eigenvalue weighted by atomic mass is 10.1. The highest BCUT2D eigenvalue weighted by atomic mass is 16.4. The molecule has 0 amide bonds. The number of carboxylic acid groups (broad SMARTS) is 1. The summed E-state index contributed by atoms with van der Waals surface area (Å²) in [4.78, 5) is 10.3. The molecule has 3 nitrogen and oxygen atoms in total. The van der Waals surface area contributed by atoms with E-state index in [1.54, 1.807) is 13.8 Å². The minimum Gasteiger partial charge on any atom is -0.481 e. The highest BCUT2D eigenvalue weighted by molar-refractivity contribution is 5.66. The highest BCUT2D eigenvalue weighted by Gasteiger charge is 1.95. The van der Waals surface area contributed by atoms with Crippen molar-refractivity contribution in [2.24, 2.45) is 0 Å². The molecule has 0 heterocycles. The number of carbonyl (C=O) groups is 1. The lowest BCUT2D eigenvalue weighted by Crippen LogP contribution is -1.93. The Hall–Kier alpha value is -0.830. The first-order valence-electron chi connectivity index (χ1n) is 10.1. The molecule has 0 aromatic carbocycles. The summed E-state index contributed by atoms with van der Waals surface area (Å²) in [7, 11) is 0. The first-order valence-corrected chi connectivity index (χ1v) is 10.1. The van der Waals surface area contributed by atoms with Crippen molar-refractivity contribution in [3.05, 3.63) is 12.2 Å². The van der Waals surface area contributed by atoms with Crippen LogP contribution in [-0.4, -0.2) is 22.3 Å². The molecule has 0 saturated carbocycles. The fraction of sp³-hybridized carbons (Fsp3) is 0.857. The van der Waals surface area contributed by atoms with Gasteiger partial charge < -0.3 is 10.2 Å². The van der Waals surface area contributed by atoms with Crippen molar-refractivity contribution in [2.45, 2.75) is 117 Å². The fourth-order valence-electron chi connectivity index (χ4n) is 2.35. The molecule has 2 N–H and O–H groups in total. The Morgan fingerprint density at radius 1 is 0.792 bits per heavy atom. The molecule has 0 aliphatic heterocycles. The molecule has 144 valence electrons. The molecule has 0 aromatic rings. The normalized spacial score (nSPS) is 10.9. The van der Waals surface area contributed by atoms with Crippen molar-refractivity contribution in [2.75, 3.05) is 0 Å². The predicted octanol–water partition coefficient (Wildman–Crippen LogP) is 6.50. The lowest BCUT2D eigenvalue weighted by Gasteiger charge is -1.99. The van der Waals surface area contributed by atoms with Gasteiger partial charge in [0.25, 0.3) is 0 Å². The molecule has 0 rings (SSSR count). The summed E-state index contributed by atoms with van der Waals surface area (Å²) in [6.07, 6.45) is 21.1. The van der Waals surface area contributed by atoms with E-state index in [2.05, 4.69) is 19.1 Å². The van der Waals surface area contributed by atoms with Gasteiger partial charge in [0.2, 0.25) is 0 Å². The molecule has 0 saturated heterocycles. The molecule has 0 spiro atoms. The number of hydrogen-bond donors (Lipinski definition) is 2. The van der Waals surface area contributed by atoms with Gasteiger partial charge in [0.15, 0.2) is 0 Å². The molecular formula is C21H42O3. The van der Waals surface area contributed by atoms with Crippen molar-refractivity contribution >= 4 is 5.97 Å². The average molecular weight is 343 g/mol. The quantitative estimate of drug-likeness (QED) is 0.264. The van der Waals surface area contributed by atoms with E-state index in [-0.39, 0.29) is 6.10 Å². The average Bonchev–Trinajstić information content (AvgIpc) is 2.50. The molecule has 0 radical (unpaired) electrons. The van der Waals surface area contributed by atoms with Gasteiger partial charge in [-0.05, 0) is 46.0 Å². The van der Waals surface area contributed by atoms with Gasteiger partial charge in [-0.2, -0.15) is 0 Å². The van der Waals surface area contributed by atoms with Gasteiger partial charge in [-0.25, -0.2) is 0 Å². The summed E-state index contributed by atoms with van der Waals surface area (Å²) >= 11 is 0. The Morgan fingerprint density at radius 3 is 1.58 bits per heavy atom. The van der Waals surface area contributed by atoms with Gasteiger partial charge in [-0.3, -0.25) is 4.79 Å². The molecule has 0 atom stereocenters. The van der Waals surface area contributed by atoms with E-state index in [1.165, 1.54) is 70.6 Å². The minimum atomic E-state index is -0.664. The van der Waals surface area contributed by atoms with Gasteiger partial charge in [-0.1, -0.05) is 70.4 Å². The van der Waals surface area contributed by atoms with Crippen molar-refractivity contribution < 1.29 is 15.0 Å². The zero-order valence-corrected chi connectivity index (χ0v) is 16.4.